The van der Waals surface area contributed by atoms with Crippen molar-refractivity contribution in [3.8, 4) is 0 Å². The second-order valence-corrected chi connectivity index (χ2v) is 2.53. The number of amides is 2. The molecule has 0 aromatic heterocycles. The molecule has 0 unspecified atom stereocenters. The van der Waals surface area contributed by atoms with Crippen LogP contribution in [0.1, 0.15) is 0 Å². The first-order valence-corrected chi connectivity index (χ1v) is 3.44. The summed E-state index contributed by atoms with van der Waals surface area (Å²) in [5.41, 5.74) is -5.02. The van der Waals surface area contributed by atoms with Gasteiger partial charge in [-0.05, 0) is 0 Å². The van der Waals surface area contributed by atoms with Crippen molar-refractivity contribution in [3.05, 3.63) is 0 Å². The smallest absolute Gasteiger partial charge is 0.261 e. The van der Waals surface area contributed by atoms with E-state index in [1.54, 1.807) is 0 Å². The summed E-state index contributed by atoms with van der Waals surface area (Å²) in [4.78, 5) is 24.9. The molecule has 4 nitrogen and oxygen atoms in total. The van der Waals surface area contributed by atoms with Crippen LogP contribution in [0.2, 0.25) is 0 Å². The Labute approximate surface area is 82.7 Å². The summed E-state index contributed by atoms with van der Waals surface area (Å²) in [5, 5.41) is 0. The van der Waals surface area contributed by atoms with Gasteiger partial charge in [0.1, 0.15) is 0 Å². The number of carbonyl (C=O) groups is 2. The Morgan fingerprint density at radius 2 is 0.938 bits per heavy atom. The van der Waals surface area contributed by atoms with Gasteiger partial charge in [0, 0.05) is 0 Å². The average molecular weight is 246 g/mol. The minimum absolute atomic E-state index is 1.99. The van der Waals surface area contributed by atoms with Gasteiger partial charge in [0.25, 0.3) is 0 Å². The van der Waals surface area contributed by atoms with Crippen LogP contribution >= 0.6 is 0 Å². The van der Waals surface area contributed by atoms with Gasteiger partial charge in [-0.3, -0.25) is 9.59 Å². The van der Waals surface area contributed by atoms with Crippen molar-refractivity contribution in [1.29, 1.82) is 0 Å². The molecule has 0 saturated heterocycles. The highest BCUT2D eigenvalue weighted by atomic mass is 19.4. The van der Waals surface area contributed by atoms with Crippen molar-refractivity contribution >= 4 is 23.2 Å². The fourth-order valence-corrected chi connectivity index (χ4v) is 0.800. The fraction of sp³-hybridized carbons (Fsp3) is 0.333. The van der Waals surface area contributed by atoms with E-state index in [2.05, 4.69) is 0 Å². The molecule has 1 heterocycles. The number of aliphatic imine (C=N–C) groups is 2. The zero-order chi connectivity index (χ0) is 12.7. The van der Waals surface area contributed by atoms with Crippen molar-refractivity contribution < 1.29 is 35.9 Å². The van der Waals surface area contributed by atoms with Crippen molar-refractivity contribution in [2.24, 2.45) is 9.98 Å². The molecule has 16 heavy (non-hydrogen) atoms. The van der Waals surface area contributed by atoms with Gasteiger partial charge < -0.3 is 0 Å². The molecule has 1 rings (SSSR count). The van der Waals surface area contributed by atoms with Crippen LogP contribution in [0.5, 0.6) is 0 Å². The van der Waals surface area contributed by atoms with Crippen molar-refractivity contribution in [1.82, 2.24) is 0 Å². The van der Waals surface area contributed by atoms with E-state index in [1.807, 2.05) is 9.98 Å². The summed E-state index contributed by atoms with van der Waals surface area (Å²) in [6.45, 7) is 0. The van der Waals surface area contributed by atoms with Crippen LogP contribution in [0.3, 0.4) is 0 Å². The maximum atomic E-state index is 12.0. The van der Waals surface area contributed by atoms with Crippen molar-refractivity contribution in [2.45, 2.75) is 12.4 Å². The highest BCUT2D eigenvalue weighted by Gasteiger charge is 2.52. The first-order chi connectivity index (χ1) is 7.03. The van der Waals surface area contributed by atoms with E-state index in [4.69, 9.17) is 0 Å². The molecule has 0 aromatic carbocycles. The Balaban J connectivity index is 3.34. The largest absolute Gasteiger partial charge is 0.435 e. The van der Waals surface area contributed by atoms with Crippen LogP contribution in [0.15, 0.2) is 9.98 Å². The molecule has 10 heteroatoms. The molecule has 0 aromatic rings. The number of carbonyl (C=O) groups excluding carboxylic acids is 2. The monoisotopic (exact) mass is 246 g/mol. The number of rotatable bonds is 0. The maximum Gasteiger partial charge on any atom is 0.435 e. The summed E-state index contributed by atoms with van der Waals surface area (Å²) >= 11 is 0. The normalized spacial score (nSPS) is 18.4. The van der Waals surface area contributed by atoms with Crippen LogP contribution in [0.4, 0.5) is 26.3 Å². The summed E-state index contributed by atoms with van der Waals surface area (Å²) in [5.74, 6) is -3.97. The van der Waals surface area contributed by atoms with Crippen LogP contribution in [-0.2, 0) is 9.59 Å². The molecule has 0 fully saturated rings. The number of alkyl halides is 6. The standard InChI is InChI=1S/C6F6N2O2/c7-5(8,9)1-2(6(10,11)12)14-4(16)3(15)13-1. The molecular formula is C6F6N2O2. The lowest BCUT2D eigenvalue weighted by atomic mass is 10.2. The summed E-state index contributed by atoms with van der Waals surface area (Å²) in [7, 11) is 0. The fourth-order valence-electron chi connectivity index (χ4n) is 0.800. The van der Waals surface area contributed by atoms with Crippen LogP contribution < -0.4 is 0 Å². The third-order valence-electron chi connectivity index (χ3n) is 1.37. The Morgan fingerprint density at radius 3 is 1.12 bits per heavy atom. The van der Waals surface area contributed by atoms with Gasteiger partial charge in [-0.1, -0.05) is 0 Å². The number of hydrogen-bond donors (Lipinski definition) is 0. The molecule has 0 radical (unpaired) electrons. The van der Waals surface area contributed by atoms with Gasteiger partial charge in [-0.15, -0.1) is 0 Å². The quantitative estimate of drug-likeness (QED) is 0.474. The lowest BCUT2D eigenvalue weighted by Gasteiger charge is -2.16. The zero-order valence-corrected chi connectivity index (χ0v) is 6.98. The van der Waals surface area contributed by atoms with Gasteiger partial charge in [0.05, 0.1) is 0 Å². The molecule has 0 N–H and O–H groups in total. The van der Waals surface area contributed by atoms with Gasteiger partial charge in [-0.2, -0.15) is 36.3 Å². The van der Waals surface area contributed by atoms with E-state index < -0.39 is 35.6 Å². The van der Waals surface area contributed by atoms with Crippen LogP contribution in [-0.4, -0.2) is 35.6 Å². The van der Waals surface area contributed by atoms with Crippen molar-refractivity contribution in [2.75, 3.05) is 0 Å². The zero-order valence-electron chi connectivity index (χ0n) is 6.98. The molecule has 0 saturated carbocycles. The van der Waals surface area contributed by atoms with E-state index in [9.17, 15) is 35.9 Å². The van der Waals surface area contributed by atoms with Crippen LogP contribution in [0.25, 0.3) is 0 Å². The minimum Gasteiger partial charge on any atom is -0.261 e. The number of halogens is 6. The summed E-state index contributed by atoms with van der Waals surface area (Å²) in [6, 6.07) is 0. The van der Waals surface area contributed by atoms with Gasteiger partial charge in [-0.25, -0.2) is 0 Å². The molecular weight excluding hydrogens is 246 g/mol. The number of nitrogens with zero attached hydrogens (tertiary/aromatic N) is 2. The predicted octanol–water partition coefficient (Wildman–Crippen LogP) is 1.06. The predicted molar refractivity (Wildman–Crippen MR) is 37.0 cm³/mol. The summed E-state index contributed by atoms with van der Waals surface area (Å²) in [6.07, 6.45) is -11.0. The molecule has 0 atom stereocenters. The summed E-state index contributed by atoms with van der Waals surface area (Å²) < 4.78 is 72.3. The lowest BCUT2D eigenvalue weighted by Crippen LogP contribution is -2.44. The molecule has 1 aliphatic heterocycles. The Morgan fingerprint density at radius 1 is 0.688 bits per heavy atom. The minimum atomic E-state index is -5.51. The third-order valence-corrected chi connectivity index (χ3v) is 1.37. The molecule has 2 amide bonds. The van der Waals surface area contributed by atoms with Crippen molar-refractivity contribution in [3.63, 3.8) is 0 Å². The van der Waals surface area contributed by atoms with Gasteiger partial charge in [0.2, 0.25) is 0 Å². The molecule has 88 valence electrons. The second kappa shape index (κ2) is 3.39. The van der Waals surface area contributed by atoms with Gasteiger partial charge >= 0.3 is 24.2 Å². The number of hydrogen-bond acceptors (Lipinski definition) is 2. The highest BCUT2D eigenvalue weighted by Crippen LogP contribution is 2.28. The first-order valence-electron chi connectivity index (χ1n) is 3.44. The Bertz CT molecular complexity index is 376. The van der Waals surface area contributed by atoms with E-state index in [-0.39, 0.29) is 0 Å². The second-order valence-electron chi connectivity index (χ2n) is 2.53. The van der Waals surface area contributed by atoms with E-state index in [1.165, 1.54) is 0 Å². The van der Waals surface area contributed by atoms with Gasteiger partial charge in [0.15, 0.2) is 11.4 Å². The SMILES string of the molecule is O=C1N=C(C(F)(F)F)C(C(F)(F)F)=NC1=O. The lowest BCUT2D eigenvalue weighted by molar-refractivity contribution is -0.135. The van der Waals surface area contributed by atoms with E-state index in [0.717, 1.165) is 0 Å². The van der Waals surface area contributed by atoms with E-state index >= 15 is 0 Å². The van der Waals surface area contributed by atoms with E-state index in [0.29, 0.717) is 0 Å². The highest BCUT2D eigenvalue weighted by molar-refractivity contribution is 6.56. The topological polar surface area (TPSA) is 58.9 Å². The Hall–Kier alpha value is -1.74. The average Bonchev–Trinajstić information content (AvgIpc) is 2.05. The van der Waals surface area contributed by atoms with Crippen LogP contribution in [0, 0.1) is 0 Å². The Kier molecular flexibility index (Phi) is 2.61. The molecule has 0 bridgehead atoms. The molecule has 1 aliphatic rings. The third kappa shape index (κ3) is 2.25. The first kappa shape index (κ1) is 12.3. The maximum absolute atomic E-state index is 12.0. The molecule has 0 aliphatic carbocycles. The molecule has 0 spiro atoms.